The number of hydrogen-bond acceptors (Lipinski definition) is 4. The fourth-order valence-corrected chi connectivity index (χ4v) is 5.15. The van der Waals surface area contributed by atoms with Crippen LogP contribution in [0.1, 0.15) is 75.1 Å². The highest BCUT2D eigenvalue weighted by atomic mass is 16.6. The molecule has 1 saturated carbocycles. The summed E-state index contributed by atoms with van der Waals surface area (Å²) < 4.78 is 5.65. The van der Waals surface area contributed by atoms with Crippen molar-refractivity contribution in [1.29, 1.82) is 0 Å². The summed E-state index contributed by atoms with van der Waals surface area (Å²) in [5, 5.41) is 2.94. The number of benzene rings is 1. The summed E-state index contributed by atoms with van der Waals surface area (Å²) in [6, 6.07) is 7.36. The third-order valence-corrected chi connectivity index (χ3v) is 6.78. The molecule has 3 fully saturated rings. The first-order chi connectivity index (χ1) is 14.0. The molecule has 0 bridgehead atoms. The quantitative estimate of drug-likeness (QED) is 0.784. The third-order valence-electron chi connectivity index (χ3n) is 6.78. The average molecular weight is 399 g/mol. The number of hydrogen-bond donors (Lipinski definition) is 1. The molecule has 1 spiro atoms. The molecule has 1 aromatic rings. The van der Waals surface area contributed by atoms with E-state index in [0.717, 1.165) is 57.9 Å². The zero-order chi connectivity index (χ0) is 20.4. The lowest BCUT2D eigenvalue weighted by atomic mass is 9.75. The van der Waals surface area contributed by atoms with Crippen molar-refractivity contribution < 1.29 is 19.1 Å². The number of likely N-dealkylation sites (tertiary alicyclic amines) is 1. The Labute approximate surface area is 172 Å². The van der Waals surface area contributed by atoms with E-state index in [1.54, 1.807) is 24.3 Å². The maximum absolute atomic E-state index is 13.0. The van der Waals surface area contributed by atoms with Gasteiger partial charge < -0.3 is 15.0 Å². The maximum atomic E-state index is 13.0. The van der Waals surface area contributed by atoms with Crippen LogP contribution >= 0.6 is 0 Å². The van der Waals surface area contributed by atoms with Crippen LogP contribution in [-0.4, -0.2) is 40.9 Å². The molecule has 6 nitrogen and oxygen atoms in total. The SMILES string of the molecule is CC1CCCCN1C(=O)c1cccc(NC(=O)C2CC(=O)OC23CCCCC3)c1. The van der Waals surface area contributed by atoms with E-state index in [0.29, 0.717) is 11.3 Å². The molecule has 6 heteroatoms. The van der Waals surface area contributed by atoms with Gasteiger partial charge in [0.25, 0.3) is 5.91 Å². The second-order valence-electron chi connectivity index (χ2n) is 8.77. The Morgan fingerprint density at radius 2 is 1.93 bits per heavy atom. The summed E-state index contributed by atoms with van der Waals surface area (Å²) in [4.78, 5) is 39.9. The highest BCUT2D eigenvalue weighted by molar-refractivity contribution is 5.99. The molecule has 1 aliphatic carbocycles. The van der Waals surface area contributed by atoms with Gasteiger partial charge in [0.1, 0.15) is 5.60 Å². The number of carbonyl (C=O) groups excluding carboxylic acids is 3. The standard InChI is InChI=1S/C23H30N2O4/c1-16-8-3-6-13-25(16)22(28)17-9-7-10-18(14-17)24-21(27)19-15-20(26)29-23(19)11-4-2-5-12-23/h7,9-10,14,16,19H,2-6,8,11-13,15H2,1H3,(H,24,27). The number of rotatable bonds is 3. The molecule has 2 amide bonds. The van der Waals surface area contributed by atoms with Crippen molar-refractivity contribution >= 4 is 23.5 Å². The van der Waals surface area contributed by atoms with Crippen molar-refractivity contribution in [2.24, 2.45) is 5.92 Å². The Morgan fingerprint density at radius 3 is 2.69 bits per heavy atom. The average Bonchev–Trinajstić information content (AvgIpc) is 3.04. The zero-order valence-electron chi connectivity index (χ0n) is 17.1. The van der Waals surface area contributed by atoms with E-state index in [2.05, 4.69) is 12.2 Å². The summed E-state index contributed by atoms with van der Waals surface area (Å²) in [5.74, 6) is -0.919. The van der Waals surface area contributed by atoms with Crippen LogP contribution in [0.4, 0.5) is 5.69 Å². The molecule has 2 saturated heterocycles. The largest absolute Gasteiger partial charge is 0.458 e. The molecule has 2 unspecified atom stereocenters. The van der Waals surface area contributed by atoms with Crippen molar-refractivity contribution in [2.75, 3.05) is 11.9 Å². The fraction of sp³-hybridized carbons (Fsp3) is 0.609. The molecule has 1 N–H and O–H groups in total. The minimum absolute atomic E-state index is 0.0106. The molecule has 156 valence electrons. The van der Waals surface area contributed by atoms with Gasteiger partial charge in [-0.1, -0.05) is 12.5 Å². The van der Waals surface area contributed by atoms with E-state index >= 15 is 0 Å². The lowest BCUT2D eigenvalue weighted by molar-refractivity contribution is -0.153. The molecule has 2 atom stereocenters. The fourth-order valence-electron chi connectivity index (χ4n) is 5.15. The number of nitrogens with one attached hydrogen (secondary N) is 1. The van der Waals surface area contributed by atoms with Gasteiger partial charge in [-0.05, 0) is 70.1 Å². The number of piperidine rings is 1. The third kappa shape index (κ3) is 4.02. The highest BCUT2D eigenvalue weighted by Crippen LogP contribution is 2.44. The Morgan fingerprint density at radius 1 is 1.14 bits per heavy atom. The van der Waals surface area contributed by atoms with Gasteiger partial charge in [-0.25, -0.2) is 0 Å². The highest BCUT2D eigenvalue weighted by Gasteiger charge is 2.52. The Bertz CT molecular complexity index is 800. The summed E-state index contributed by atoms with van der Waals surface area (Å²) in [5.41, 5.74) is 0.536. The Kier molecular flexibility index (Phi) is 5.61. The summed E-state index contributed by atoms with van der Waals surface area (Å²) in [7, 11) is 0. The van der Waals surface area contributed by atoms with Crippen molar-refractivity contribution in [3.05, 3.63) is 29.8 Å². The van der Waals surface area contributed by atoms with Gasteiger partial charge in [0, 0.05) is 23.8 Å². The van der Waals surface area contributed by atoms with Crippen molar-refractivity contribution in [3.63, 3.8) is 0 Å². The smallest absolute Gasteiger partial charge is 0.307 e. The van der Waals surface area contributed by atoms with Gasteiger partial charge in [-0.2, -0.15) is 0 Å². The molecule has 2 heterocycles. The van der Waals surface area contributed by atoms with Crippen LogP contribution in [0, 0.1) is 5.92 Å². The summed E-state index contributed by atoms with van der Waals surface area (Å²) in [6.45, 7) is 2.87. The first-order valence-corrected chi connectivity index (χ1v) is 10.9. The second-order valence-corrected chi connectivity index (χ2v) is 8.77. The monoisotopic (exact) mass is 398 g/mol. The molecule has 3 aliphatic rings. The molecular weight excluding hydrogens is 368 g/mol. The van der Waals surface area contributed by atoms with E-state index in [1.165, 1.54) is 0 Å². The van der Waals surface area contributed by atoms with Crippen LogP contribution in [0.2, 0.25) is 0 Å². The maximum Gasteiger partial charge on any atom is 0.307 e. The van der Waals surface area contributed by atoms with Gasteiger partial charge in [0.2, 0.25) is 5.91 Å². The van der Waals surface area contributed by atoms with Gasteiger partial charge >= 0.3 is 5.97 Å². The molecule has 0 aromatic heterocycles. The van der Waals surface area contributed by atoms with Crippen LogP contribution in [0.25, 0.3) is 0 Å². The van der Waals surface area contributed by atoms with Crippen LogP contribution in [0.5, 0.6) is 0 Å². The van der Waals surface area contributed by atoms with E-state index in [-0.39, 0.29) is 30.2 Å². The molecule has 4 rings (SSSR count). The number of carbonyl (C=O) groups is 3. The van der Waals surface area contributed by atoms with Crippen LogP contribution in [0.15, 0.2) is 24.3 Å². The van der Waals surface area contributed by atoms with E-state index in [4.69, 9.17) is 4.74 Å². The van der Waals surface area contributed by atoms with Crippen LogP contribution in [-0.2, 0) is 14.3 Å². The predicted octanol–water partition coefficient (Wildman–Crippen LogP) is 3.91. The van der Waals surface area contributed by atoms with E-state index in [1.807, 2.05) is 4.90 Å². The molecule has 2 aliphatic heterocycles. The Balaban J connectivity index is 1.48. The Hall–Kier alpha value is -2.37. The first kappa shape index (κ1) is 19.9. The first-order valence-electron chi connectivity index (χ1n) is 10.9. The summed E-state index contributed by atoms with van der Waals surface area (Å²) >= 11 is 0. The number of esters is 1. The minimum Gasteiger partial charge on any atom is -0.458 e. The van der Waals surface area contributed by atoms with Gasteiger partial charge in [-0.15, -0.1) is 0 Å². The normalized spacial score (nSPS) is 26.2. The van der Waals surface area contributed by atoms with Gasteiger partial charge in [0.15, 0.2) is 0 Å². The van der Waals surface area contributed by atoms with Gasteiger partial charge in [-0.3, -0.25) is 14.4 Å². The zero-order valence-corrected chi connectivity index (χ0v) is 17.1. The van der Waals surface area contributed by atoms with Crippen LogP contribution in [0.3, 0.4) is 0 Å². The molecule has 29 heavy (non-hydrogen) atoms. The second kappa shape index (κ2) is 8.17. The van der Waals surface area contributed by atoms with Crippen LogP contribution < -0.4 is 5.32 Å². The van der Waals surface area contributed by atoms with Crippen molar-refractivity contribution in [3.8, 4) is 0 Å². The molecule has 0 radical (unpaired) electrons. The van der Waals surface area contributed by atoms with E-state index < -0.39 is 11.5 Å². The van der Waals surface area contributed by atoms with E-state index in [9.17, 15) is 14.4 Å². The number of ether oxygens (including phenoxy) is 1. The number of anilines is 1. The lowest BCUT2D eigenvalue weighted by Crippen LogP contribution is -2.43. The van der Waals surface area contributed by atoms with Gasteiger partial charge in [0.05, 0.1) is 12.3 Å². The van der Waals surface area contributed by atoms with Crippen molar-refractivity contribution in [1.82, 2.24) is 4.90 Å². The summed E-state index contributed by atoms with van der Waals surface area (Å²) in [6.07, 6.45) is 7.94. The topological polar surface area (TPSA) is 75.7 Å². The van der Waals surface area contributed by atoms with Crippen molar-refractivity contribution in [2.45, 2.75) is 76.4 Å². The minimum atomic E-state index is -0.643. The number of nitrogens with zero attached hydrogens (tertiary/aromatic N) is 1. The molecular formula is C23H30N2O4. The molecule has 1 aromatic carbocycles. The lowest BCUT2D eigenvalue weighted by Gasteiger charge is -2.36. The number of amides is 2. The predicted molar refractivity (Wildman–Crippen MR) is 109 cm³/mol.